The van der Waals surface area contributed by atoms with Gasteiger partial charge < -0.3 is 20.5 Å². The summed E-state index contributed by atoms with van der Waals surface area (Å²) in [5, 5.41) is 2.92. The lowest BCUT2D eigenvalue weighted by Crippen LogP contribution is -2.21. The van der Waals surface area contributed by atoms with Crippen LogP contribution >= 0.6 is 0 Å². The third-order valence-corrected chi connectivity index (χ3v) is 2.78. The first-order valence-electron chi connectivity index (χ1n) is 5.81. The number of nitrogen functional groups attached to an aromatic ring is 1. The van der Waals surface area contributed by atoms with Crippen LogP contribution in [-0.2, 0) is 4.74 Å². The highest BCUT2D eigenvalue weighted by atomic mass is 16.5. The Balaban J connectivity index is 1.91. The molecule has 1 aliphatic rings. The Morgan fingerprint density at radius 1 is 1.47 bits per heavy atom. The van der Waals surface area contributed by atoms with Crippen LogP contribution in [0.1, 0.15) is 12.8 Å². The third kappa shape index (κ3) is 3.45. The van der Waals surface area contributed by atoms with Crippen molar-refractivity contribution in [2.45, 2.75) is 12.8 Å². The van der Waals surface area contributed by atoms with Crippen molar-refractivity contribution in [1.29, 1.82) is 0 Å². The summed E-state index contributed by atoms with van der Waals surface area (Å²) in [6.07, 6.45) is 2.08. The van der Waals surface area contributed by atoms with Crippen LogP contribution in [0.4, 0.5) is 11.8 Å². The molecule has 1 aliphatic heterocycles. The van der Waals surface area contributed by atoms with Crippen molar-refractivity contribution in [3.05, 3.63) is 6.07 Å². The molecule has 2 heterocycles. The van der Waals surface area contributed by atoms with Crippen molar-refractivity contribution in [2.75, 3.05) is 37.9 Å². The summed E-state index contributed by atoms with van der Waals surface area (Å²) in [5.41, 5.74) is 5.58. The SMILES string of the molecule is CNc1cc(OCC2CCOCC2)nc(N)n1. The van der Waals surface area contributed by atoms with Gasteiger partial charge in [-0.05, 0) is 18.8 Å². The normalized spacial score (nSPS) is 16.8. The zero-order valence-electron chi connectivity index (χ0n) is 9.98. The Bertz CT molecular complexity index is 366. The van der Waals surface area contributed by atoms with Gasteiger partial charge in [0, 0.05) is 26.3 Å². The zero-order chi connectivity index (χ0) is 12.1. The second-order valence-corrected chi connectivity index (χ2v) is 4.07. The molecule has 0 unspecified atom stereocenters. The van der Waals surface area contributed by atoms with Crippen molar-refractivity contribution >= 4 is 11.8 Å². The maximum absolute atomic E-state index is 5.64. The molecule has 94 valence electrons. The van der Waals surface area contributed by atoms with E-state index in [0.717, 1.165) is 26.1 Å². The quantitative estimate of drug-likeness (QED) is 0.811. The van der Waals surface area contributed by atoms with Crippen LogP contribution in [0, 0.1) is 5.92 Å². The smallest absolute Gasteiger partial charge is 0.225 e. The fraction of sp³-hybridized carbons (Fsp3) is 0.636. The van der Waals surface area contributed by atoms with Gasteiger partial charge in [0.2, 0.25) is 11.8 Å². The zero-order valence-corrected chi connectivity index (χ0v) is 9.98. The average Bonchev–Trinajstić information content (AvgIpc) is 2.37. The minimum atomic E-state index is 0.221. The minimum absolute atomic E-state index is 0.221. The molecular weight excluding hydrogens is 220 g/mol. The Hall–Kier alpha value is -1.56. The van der Waals surface area contributed by atoms with Crippen LogP contribution in [0.5, 0.6) is 5.88 Å². The molecular formula is C11H18N4O2. The predicted octanol–water partition coefficient (Wildman–Crippen LogP) is 0.906. The summed E-state index contributed by atoms with van der Waals surface area (Å²) in [7, 11) is 1.78. The van der Waals surface area contributed by atoms with Gasteiger partial charge in [-0.25, -0.2) is 0 Å². The number of ether oxygens (including phenoxy) is 2. The van der Waals surface area contributed by atoms with Crippen LogP contribution < -0.4 is 15.8 Å². The molecule has 0 radical (unpaired) electrons. The first-order valence-corrected chi connectivity index (χ1v) is 5.81. The molecule has 1 fully saturated rings. The van der Waals surface area contributed by atoms with Gasteiger partial charge in [-0.3, -0.25) is 0 Å². The largest absolute Gasteiger partial charge is 0.477 e. The Labute approximate surface area is 101 Å². The summed E-state index contributed by atoms with van der Waals surface area (Å²) in [5.74, 6) is 1.95. The van der Waals surface area contributed by atoms with E-state index in [0.29, 0.717) is 24.2 Å². The number of aromatic nitrogens is 2. The molecule has 0 aromatic carbocycles. The molecule has 6 nitrogen and oxygen atoms in total. The molecule has 1 saturated heterocycles. The highest BCUT2D eigenvalue weighted by Gasteiger charge is 2.15. The van der Waals surface area contributed by atoms with E-state index in [-0.39, 0.29) is 5.95 Å². The standard InChI is InChI=1S/C11H18N4O2/c1-13-9-6-10(15-11(12)14-9)17-7-8-2-4-16-5-3-8/h6,8H,2-5,7H2,1H3,(H3,12,13,14,15). The lowest BCUT2D eigenvalue weighted by Gasteiger charge is -2.21. The maximum Gasteiger partial charge on any atom is 0.225 e. The number of rotatable bonds is 4. The summed E-state index contributed by atoms with van der Waals surface area (Å²) in [6.45, 7) is 2.30. The van der Waals surface area contributed by atoms with Gasteiger partial charge in [0.05, 0.1) is 6.61 Å². The molecule has 2 rings (SSSR count). The van der Waals surface area contributed by atoms with Gasteiger partial charge in [-0.15, -0.1) is 0 Å². The second kappa shape index (κ2) is 5.67. The van der Waals surface area contributed by atoms with Crippen LogP contribution in [0.3, 0.4) is 0 Å². The second-order valence-electron chi connectivity index (χ2n) is 4.07. The number of nitrogens with zero attached hydrogens (tertiary/aromatic N) is 2. The van der Waals surface area contributed by atoms with E-state index in [1.54, 1.807) is 13.1 Å². The van der Waals surface area contributed by atoms with E-state index < -0.39 is 0 Å². The lowest BCUT2D eigenvalue weighted by molar-refractivity contribution is 0.0490. The number of hydrogen-bond donors (Lipinski definition) is 2. The van der Waals surface area contributed by atoms with Crippen LogP contribution in [0.2, 0.25) is 0 Å². The van der Waals surface area contributed by atoms with Crippen molar-refractivity contribution in [1.82, 2.24) is 9.97 Å². The van der Waals surface area contributed by atoms with Gasteiger partial charge in [-0.2, -0.15) is 9.97 Å². The van der Waals surface area contributed by atoms with Gasteiger partial charge in [0.15, 0.2) is 0 Å². The van der Waals surface area contributed by atoms with Crippen LogP contribution in [0.15, 0.2) is 6.07 Å². The Morgan fingerprint density at radius 2 is 2.24 bits per heavy atom. The number of nitrogens with one attached hydrogen (secondary N) is 1. The van der Waals surface area contributed by atoms with Gasteiger partial charge in [0.25, 0.3) is 0 Å². The van der Waals surface area contributed by atoms with E-state index in [4.69, 9.17) is 15.2 Å². The molecule has 1 aromatic heterocycles. The Kier molecular flexibility index (Phi) is 3.98. The topological polar surface area (TPSA) is 82.3 Å². The molecule has 1 aromatic rings. The van der Waals surface area contributed by atoms with Gasteiger partial charge in [-0.1, -0.05) is 0 Å². The maximum atomic E-state index is 5.64. The number of hydrogen-bond acceptors (Lipinski definition) is 6. The van der Waals surface area contributed by atoms with Crippen LogP contribution in [0.25, 0.3) is 0 Å². The molecule has 0 saturated carbocycles. The van der Waals surface area contributed by atoms with Crippen molar-refractivity contribution < 1.29 is 9.47 Å². The predicted molar refractivity (Wildman–Crippen MR) is 65.0 cm³/mol. The number of nitrogens with two attached hydrogens (primary N) is 1. The molecule has 0 spiro atoms. The fourth-order valence-electron chi connectivity index (χ4n) is 1.76. The molecule has 6 heteroatoms. The Morgan fingerprint density at radius 3 is 2.94 bits per heavy atom. The van der Waals surface area contributed by atoms with Crippen molar-refractivity contribution in [2.24, 2.45) is 5.92 Å². The van der Waals surface area contributed by atoms with Crippen molar-refractivity contribution in [3.63, 3.8) is 0 Å². The van der Waals surface area contributed by atoms with E-state index in [9.17, 15) is 0 Å². The van der Waals surface area contributed by atoms with Gasteiger partial charge >= 0.3 is 0 Å². The third-order valence-electron chi connectivity index (χ3n) is 2.78. The van der Waals surface area contributed by atoms with E-state index >= 15 is 0 Å². The summed E-state index contributed by atoms with van der Waals surface area (Å²) < 4.78 is 10.9. The average molecular weight is 238 g/mol. The molecule has 3 N–H and O–H groups in total. The van der Waals surface area contributed by atoms with E-state index in [2.05, 4.69) is 15.3 Å². The summed E-state index contributed by atoms with van der Waals surface area (Å²) in [6, 6.07) is 1.75. The molecule has 0 amide bonds. The highest BCUT2D eigenvalue weighted by Crippen LogP contribution is 2.18. The molecule has 0 aliphatic carbocycles. The first kappa shape index (κ1) is 11.9. The van der Waals surface area contributed by atoms with E-state index in [1.165, 1.54) is 0 Å². The highest BCUT2D eigenvalue weighted by molar-refractivity contribution is 5.42. The van der Waals surface area contributed by atoms with Crippen LogP contribution in [-0.4, -0.2) is 36.8 Å². The molecule has 0 bridgehead atoms. The monoisotopic (exact) mass is 238 g/mol. The minimum Gasteiger partial charge on any atom is -0.477 e. The first-order chi connectivity index (χ1) is 8.28. The summed E-state index contributed by atoms with van der Waals surface area (Å²) in [4.78, 5) is 8.04. The fourth-order valence-corrected chi connectivity index (χ4v) is 1.76. The van der Waals surface area contributed by atoms with Gasteiger partial charge in [0.1, 0.15) is 5.82 Å². The molecule has 17 heavy (non-hydrogen) atoms. The number of anilines is 2. The lowest BCUT2D eigenvalue weighted by atomic mass is 10.0. The summed E-state index contributed by atoms with van der Waals surface area (Å²) >= 11 is 0. The van der Waals surface area contributed by atoms with E-state index in [1.807, 2.05) is 0 Å². The molecule has 0 atom stereocenters. The van der Waals surface area contributed by atoms with Crippen molar-refractivity contribution in [3.8, 4) is 5.88 Å².